The minimum absolute atomic E-state index is 0.0436. The fraction of sp³-hybridized carbons (Fsp3) is 0.462. The van der Waals surface area contributed by atoms with Crippen molar-refractivity contribution in [3.8, 4) is 0 Å². The van der Waals surface area contributed by atoms with Gasteiger partial charge in [-0.25, -0.2) is 4.39 Å². The molecule has 1 aromatic rings. The molecule has 104 valence electrons. The number of morpholine rings is 1. The predicted molar refractivity (Wildman–Crippen MR) is 73.7 cm³/mol. The van der Waals surface area contributed by atoms with Gasteiger partial charge < -0.3 is 15.0 Å². The van der Waals surface area contributed by atoms with Gasteiger partial charge in [-0.1, -0.05) is 15.9 Å². The summed E-state index contributed by atoms with van der Waals surface area (Å²) in [6, 6.07) is 4.39. The first-order valence-corrected chi connectivity index (χ1v) is 6.91. The van der Waals surface area contributed by atoms with Crippen LogP contribution in [-0.2, 0) is 4.74 Å². The Morgan fingerprint density at radius 3 is 3.16 bits per heavy atom. The largest absolute Gasteiger partial charge is 0.373 e. The lowest BCUT2D eigenvalue weighted by Gasteiger charge is -2.33. The molecule has 1 aromatic carbocycles. The molecular weight excluding hydrogens is 315 g/mol. The van der Waals surface area contributed by atoms with E-state index in [2.05, 4.69) is 21.2 Å². The van der Waals surface area contributed by atoms with Gasteiger partial charge in [-0.05, 0) is 25.2 Å². The van der Waals surface area contributed by atoms with Crippen LogP contribution in [0.25, 0.3) is 0 Å². The summed E-state index contributed by atoms with van der Waals surface area (Å²) in [5.41, 5.74) is 0.0967. The van der Waals surface area contributed by atoms with Crippen LogP contribution in [0.15, 0.2) is 22.7 Å². The lowest BCUT2D eigenvalue weighted by Crippen LogP contribution is -2.48. The van der Waals surface area contributed by atoms with Crippen LogP contribution in [0.3, 0.4) is 0 Å². The van der Waals surface area contributed by atoms with E-state index in [1.165, 1.54) is 12.1 Å². The fourth-order valence-electron chi connectivity index (χ4n) is 2.09. The number of hydrogen-bond donors (Lipinski definition) is 1. The third-order valence-corrected chi connectivity index (χ3v) is 3.51. The van der Waals surface area contributed by atoms with Gasteiger partial charge >= 0.3 is 0 Å². The molecule has 0 saturated carbocycles. The lowest BCUT2D eigenvalue weighted by atomic mass is 10.1. The van der Waals surface area contributed by atoms with E-state index in [1.54, 1.807) is 11.0 Å². The molecule has 1 heterocycles. The van der Waals surface area contributed by atoms with E-state index < -0.39 is 5.82 Å². The second kappa shape index (κ2) is 6.45. The van der Waals surface area contributed by atoms with Gasteiger partial charge in [-0.15, -0.1) is 0 Å². The van der Waals surface area contributed by atoms with Crippen molar-refractivity contribution in [2.45, 2.75) is 6.10 Å². The summed E-state index contributed by atoms with van der Waals surface area (Å²) in [5.74, 6) is -0.784. The Labute approximate surface area is 120 Å². The van der Waals surface area contributed by atoms with Crippen molar-refractivity contribution in [2.24, 2.45) is 0 Å². The van der Waals surface area contributed by atoms with E-state index in [-0.39, 0.29) is 17.6 Å². The number of ether oxygens (including phenoxy) is 1. The van der Waals surface area contributed by atoms with Crippen molar-refractivity contribution >= 4 is 21.8 Å². The summed E-state index contributed by atoms with van der Waals surface area (Å²) >= 11 is 3.25. The maximum Gasteiger partial charge on any atom is 0.257 e. The molecule has 1 N–H and O–H groups in total. The van der Waals surface area contributed by atoms with Crippen LogP contribution < -0.4 is 5.32 Å². The maximum atomic E-state index is 13.7. The number of carbonyl (C=O) groups excluding carboxylic acids is 1. The molecule has 0 bridgehead atoms. The highest BCUT2D eigenvalue weighted by Crippen LogP contribution is 2.18. The van der Waals surface area contributed by atoms with E-state index in [9.17, 15) is 9.18 Å². The second-order valence-corrected chi connectivity index (χ2v) is 5.34. The molecule has 1 saturated heterocycles. The van der Waals surface area contributed by atoms with Crippen LogP contribution in [0.5, 0.6) is 0 Å². The van der Waals surface area contributed by atoms with Gasteiger partial charge in [0.25, 0.3) is 5.91 Å². The van der Waals surface area contributed by atoms with Crippen LogP contribution in [0.4, 0.5) is 4.39 Å². The Kier molecular flexibility index (Phi) is 4.90. The number of benzene rings is 1. The highest BCUT2D eigenvalue weighted by molar-refractivity contribution is 9.10. The van der Waals surface area contributed by atoms with Gasteiger partial charge in [0, 0.05) is 24.1 Å². The zero-order chi connectivity index (χ0) is 13.8. The smallest absolute Gasteiger partial charge is 0.257 e. The first-order chi connectivity index (χ1) is 9.11. The standard InChI is InChI=1S/C13H16BrFN2O2/c1-16-7-10-8-17(4-5-19-10)13(18)11-6-9(14)2-3-12(11)15/h2-3,6,10,16H,4-5,7-8H2,1H3. The summed E-state index contributed by atoms with van der Waals surface area (Å²) in [6.07, 6.45) is -0.0436. The van der Waals surface area contributed by atoms with Crippen molar-refractivity contribution in [3.05, 3.63) is 34.1 Å². The maximum absolute atomic E-state index is 13.7. The van der Waals surface area contributed by atoms with E-state index in [0.29, 0.717) is 30.7 Å². The molecule has 1 fully saturated rings. The molecule has 6 heteroatoms. The molecule has 1 aliphatic rings. The van der Waals surface area contributed by atoms with Crippen LogP contribution in [0.2, 0.25) is 0 Å². The zero-order valence-corrected chi connectivity index (χ0v) is 12.2. The summed E-state index contributed by atoms with van der Waals surface area (Å²) in [6.45, 7) is 2.12. The van der Waals surface area contributed by atoms with E-state index in [0.717, 1.165) is 0 Å². The highest BCUT2D eigenvalue weighted by atomic mass is 79.9. The van der Waals surface area contributed by atoms with Crippen LogP contribution >= 0.6 is 15.9 Å². The number of rotatable bonds is 3. The summed E-state index contributed by atoms with van der Waals surface area (Å²) in [5, 5.41) is 3.01. The molecule has 1 unspecified atom stereocenters. The molecule has 0 aliphatic carbocycles. The van der Waals surface area contributed by atoms with Gasteiger partial charge in [0.15, 0.2) is 0 Å². The average Bonchev–Trinajstić information content (AvgIpc) is 2.41. The van der Waals surface area contributed by atoms with Crippen LogP contribution in [0.1, 0.15) is 10.4 Å². The molecule has 2 rings (SSSR count). The molecule has 1 atom stereocenters. The Hall–Kier alpha value is -0.980. The Balaban J connectivity index is 2.12. The second-order valence-electron chi connectivity index (χ2n) is 4.43. The van der Waals surface area contributed by atoms with Crippen molar-refractivity contribution in [2.75, 3.05) is 33.3 Å². The third kappa shape index (κ3) is 3.52. The first kappa shape index (κ1) is 14.4. The fourth-order valence-corrected chi connectivity index (χ4v) is 2.45. The quantitative estimate of drug-likeness (QED) is 0.916. The van der Waals surface area contributed by atoms with E-state index >= 15 is 0 Å². The molecule has 0 aromatic heterocycles. The highest BCUT2D eigenvalue weighted by Gasteiger charge is 2.26. The first-order valence-electron chi connectivity index (χ1n) is 6.12. The molecule has 19 heavy (non-hydrogen) atoms. The minimum atomic E-state index is -0.496. The summed E-state index contributed by atoms with van der Waals surface area (Å²) in [7, 11) is 1.83. The van der Waals surface area contributed by atoms with Crippen molar-refractivity contribution in [1.82, 2.24) is 10.2 Å². The number of nitrogens with one attached hydrogen (secondary N) is 1. The molecule has 4 nitrogen and oxygen atoms in total. The molecule has 0 spiro atoms. The molecule has 1 aliphatic heterocycles. The van der Waals surface area contributed by atoms with Crippen LogP contribution in [-0.4, -0.2) is 50.2 Å². The van der Waals surface area contributed by atoms with Gasteiger partial charge in [0.05, 0.1) is 18.3 Å². The Morgan fingerprint density at radius 2 is 2.42 bits per heavy atom. The SMILES string of the molecule is CNCC1CN(C(=O)c2cc(Br)ccc2F)CCO1. The Morgan fingerprint density at radius 1 is 1.63 bits per heavy atom. The zero-order valence-electron chi connectivity index (χ0n) is 10.7. The lowest BCUT2D eigenvalue weighted by molar-refractivity contribution is -0.0197. The number of halogens is 2. The molecule has 0 radical (unpaired) electrons. The number of carbonyl (C=O) groups is 1. The van der Waals surface area contributed by atoms with Crippen molar-refractivity contribution < 1.29 is 13.9 Å². The van der Waals surface area contributed by atoms with Gasteiger partial charge in [-0.3, -0.25) is 4.79 Å². The monoisotopic (exact) mass is 330 g/mol. The van der Waals surface area contributed by atoms with Crippen molar-refractivity contribution in [3.63, 3.8) is 0 Å². The Bertz CT molecular complexity index is 468. The van der Waals surface area contributed by atoms with E-state index in [1.807, 2.05) is 7.05 Å². The topological polar surface area (TPSA) is 41.6 Å². The molecule has 1 amide bonds. The predicted octanol–water partition coefficient (Wildman–Crippen LogP) is 1.65. The third-order valence-electron chi connectivity index (χ3n) is 3.02. The van der Waals surface area contributed by atoms with Crippen LogP contribution in [0, 0.1) is 5.82 Å². The average molecular weight is 331 g/mol. The van der Waals surface area contributed by atoms with Gasteiger partial charge in [0.1, 0.15) is 5.82 Å². The number of hydrogen-bond acceptors (Lipinski definition) is 3. The van der Waals surface area contributed by atoms with E-state index in [4.69, 9.17) is 4.74 Å². The minimum Gasteiger partial charge on any atom is -0.373 e. The number of amides is 1. The van der Waals surface area contributed by atoms with Crippen molar-refractivity contribution in [1.29, 1.82) is 0 Å². The number of likely N-dealkylation sites (N-methyl/N-ethyl adjacent to an activating group) is 1. The summed E-state index contributed by atoms with van der Waals surface area (Å²) < 4.78 is 19.9. The normalized spacial score (nSPS) is 19.5. The summed E-state index contributed by atoms with van der Waals surface area (Å²) in [4.78, 5) is 13.9. The molecular formula is C13H16BrFN2O2. The number of nitrogens with zero attached hydrogens (tertiary/aromatic N) is 1. The van der Waals surface area contributed by atoms with Gasteiger partial charge in [0.2, 0.25) is 0 Å². The van der Waals surface area contributed by atoms with Gasteiger partial charge in [-0.2, -0.15) is 0 Å².